The molecule has 0 bridgehead atoms. The van der Waals surface area contributed by atoms with Crippen molar-refractivity contribution in [2.45, 2.75) is 25.9 Å². The summed E-state index contributed by atoms with van der Waals surface area (Å²) in [7, 11) is 1.35. The predicted molar refractivity (Wildman–Crippen MR) is 95.3 cm³/mol. The van der Waals surface area contributed by atoms with Gasteiger partial charge in [-0.25, -0.2) is 9.18 Å². The van der Waals surface area contributed by atoms with Gasteiger partial charge in [0.2, 0.25) is 0 Å². The summed E-state index contributed by atoms with van der Waals surface area (Å²) in [6, 6.07) is 12.1. The average molecular weight is 357 g/mol. The molecule has 2 aromatic carbocycles. The third-order valence-electron chi connectivity index (χ3n) is 4.72. The number of ether oxygens (including phenoxy) is 1. The van der Waals surface area contributed by atoms with Gasteiger partial charge in [0.15, 0.2) is 12.6 Å². The lowest BCUT2D eigenvalue weighted by Crippen LogP contribution is -3.17. The average Bonchev–Trinajstić information content (AvgIpc) is 2.63. The molecule has 136 valence electrons. The molecular weight excluding hydrogens is 335 g/mol. The zero-order chi connectivity index (χ0) is 18.7. The SMILES string of the molecule is COC(=O)[C@H]1Cc2ccccc2C[NH+]1CC(=O)Nc1ccc(C)cc1F. The summed E-state index contributed by atoms with van der Waals surface area (Å²) in [6.07, 6.45) is 0.518. The number of fused-ring (bicyclic) bond motifs is 1. The normalized spacial score (nSPS) is 18.7. The molecule has 2 N–H and O–H groups in total. The van der Waals surface area contributed by atoms with Crippen molar-refractivity contribution in [2.75, 3.05) is 19.0 Å². The Kier molecular flexibility index (Phi) is 5.32. The molecule has 0 aliphatic carbocycles. The van der Waals surface area contributed by atoms with Crippen molar-refractivity contribution in [1.29, 1.82) is 0 Å². The number of methoxy groups -OCH3 is 1. The predicted octanol–water partition coefficient (Wildman–Crippen LogP) is 1.26. The molecular formula is C20H22FN2O3+. The summed E-state index contributed by atoms with van der Waals surface area (Å²) in [5.41, 5.74) is 3.13. The van der Waals surface area contributed by atoms with Crippen LogP contribution in [-0.4, -0.2) is 31.6 Å². The van der Waals surface area contributed by atoms with Crippen molar-refractivity contribution < 1.29 is 23.6 Å². The zero-order valence-corrected chi connectivity index (χ0v) is 14.8. The van der Waals surface area contributed by atoms with Crippen LogP contribution in [0.4, 0.5) is 10.1 Å². The molecule has 0 saturated heterocycles. The van der Waals surface area contributed by atoms with Crippen molar-refractivity contribution >= 4 is 17.6 Å². The number of esters is 1. The number of hydrogen-bond donors (Lipinski definition) is 2. The number of amides is 1. The Hall–Kier alpha value is -2.73. The third kappa shape index (κ3) is 3.91. The molecule has 0 radical (unpaired) electrons. The van der Waals surface area contributed by atoms with Gasteiger partial charge in [0.25, 0.3) is 5.91 Å². The molecule has 1 heterocycles. The van der Waals surface area contributed by atoms with E-state index < -0.39 is 11.9 Å². The first-order valence-corrected chi connectivity index (χ1v) is 8.53. The monoisotopic (exact) mass is 357 g/mol. The first kappa shape index (κ1) is 18.1. The van der Waals surface area contributed by atoms with Crippen molar-refractivity contribution in [3.63, 3.8) is 0 Å². The number of carbonyl (C=O) groups excluding carboxylic acids is 2. The van der Waals surface area contributed by atoms with Crippen LogP contribution in [0.5, 0.6) is 0 Å². The molecule has 6 heteroatoms. The second kappa shape index (κ2) is 7.66. The number of nitrogens with one attached hydrogen (secondary N) is 2. The van der Waals surface area contributed by atoms with Crippen LogP contribution in [0.15, 0.2) is 42.5 Å². The van der Waals surface area contributed by atoms with Gasteiger partial charge in [-0.3, -0.25) is 4.79 Å². The molecule has 1 unspecified atom stereocenters. The first-order valence-electron chi connectivity index (χ1n) is 8.53. The molecule has 2 aromatic rings. The Balaban J connectivity index is 1.75. The van der Waals surface area contributed by atoms with E-state index in [1.54, 1.807) is 19.1 Å². The van der Waals surface area contributed by atoms with Crippen LogP contribution in [0.1, 0.15) is 16.7 Å². The van der Waals surface area contributed by atoms with E-state index in [-0.39, 0.29) is 24.1 Å². The number of rotatable bonds is 4. The quantitative estimate of drug-likeness (QED) is 0.810. The Bertz CT molecular complexity index is 838. The summed E-state index contributed by atoms with van der Waals surface area (Å²) >= 11 is 0. The molecule has 0 saturated carbocycles. The zero-order valence-electron chi connectivity index (χ0n) is 14.8. The van der Waals surface area contributed by atoms with E-state index in [4.69, 9.17) is 4.74 Å². The van der Waals surface area contributed by atoms with Crippen LogP contribution >= 0.6 is 0 Å². The molecule has 0 aromatic heterocycles. The summed E-state index contributed by atoms with van der Waals surface area (Å²) in [6.45, 7) is 2.38. The number of aryl methyl sites for hydroxylation is 1. The van der Waals surface area contributed by atoms with Crippen LogP contribution in [-0.2, 0) is 27.3 Å². The van der Waals surface area contributed by atoms with Gasteiger partial charge in [0.05, 0.1) is 12.8 Å². The van der Waals surface area contributed by atoms with E-state index in [9.17, 15) is 14.0 Å². The van der Waals surface area contributed by atoms with Gasteiger partial charge in [-0.2, -0.15) is 0 Å². The fourth-order valence-corrected chi connectivity index (χ4v) is 3.36. The molecule has 5 nitrogen and oxygen atoms in total. The lowest BCUT2D eigenvalue weighted by atomic mass is 9.94. The summed E-state index contributed by atoms with van der Waals surface area (Å²) in [5, 5.41) is 2.60. The molecule has 0 fully saturated rings. The molecule has 1 amide bonds. The highest BCUT2D eigenvalue weighted by Gasteiger charge is 2.37. The van der Waals surface area contributed by atoms with Gasteiger partial charge in [-0.05, 0) is 30.2 Å². The van der Waals surface area contributed by atoms with E-state index in [1.807, 2.05) is 24.3 Å². The van der Waals surface area contributed by atoms with Crippen LogP contribution in [0.2, 0.25) is 0 Å². The lowest BCUT2D eigenvalue weighted by molar-refractivity contribution is -0.924. The number of anilines is 1. The van der Waals surface area contributed by atoms with E-state index in [2.05, 4.69) is 5.32 Å². The molecule has 26 heavy (non-hydrogen) atoms. The Labute approximate surface area is 151 Å². The third-order valence-corrected chi connectivity index (χ3v) is 4.72. The minimum Gasteiger partial charge on any atom is -0.465 e. The summed E-state index contributed by atoms with van der Waals surface area (Å²) < 4.78 is 18.9. The molecule has 3 rings (SSSR count). The summed E-state index contributed by atoms with van der Waals surface area (Å²) in [4.78, 5) is 25.4. The minimum atomic E-state index is -0.471. The van der Waals surface area contributed by atoms with Crippen LogP contribution in [0, 0.1) is 12.7 Å². The van der Waals surface area contributed by atoms with Crippen molar-refractivity contribution in [3.8, 4) is 0 Å². The second-order valence-electron chi connectivity index (χ2n) is 6.59. The van der Waals surface area contributed by atoms with Gasteiger partial charge in [0.1, 0.15) is 12.4 Å². The van der Waals surface area contributed by atoms with Crippen LogP contribution in [0.3, 0.4) is 0 Å². The van der Waals surface area contributed by atoms with Gasteiger partial charge in [-0.1, -0.05) is 30.3 Å². The second-order valence-corrected chi connectivity index (χ2v) is 6.59. The van der Waals surface area contributed by atoms with Gasteiger partial charge in [0, 0.05) is 12.0 Å². The van der Waals surface area contributed by atoms with Gasteiger partial charge < -0.3 is 15.0 Å². The standard InChI is InChI=1S/C20H21FN2O3/c1-13-7-8-17(16(21)9-13)22-19(24)12-23-11-15-6-4-3-5-14(15)10-18(23)20(25)26-2/h3-9,18H,10-12H2,1-2H3,(H,22,24)/p+1/t18-/m1/s1. The number of benzene rings is 2. The molecule has 1 aliphatic rings. The van der Waals surface area contributed by atoms with Gasteiger partial charge >= 0.3 is 5.97 Å². The smallest absolute Gasteiger partial charge is 0.365 e. The van der Waals surface area contributed by atoms with Crippen molar-refractivity contribution in [2.24, 2.45) is 0 Å². The van der Waals surface area contributed by atoms with Gasteiger partial charge in [-0.15, -0.1) is 0 Å². The van der Waals surface area contributed by atoms with E-state index in [0.29, 0.717) is 13.0 Å². The molecule has 2 atom stereocenters. The fourth-order valence-electron chi connectivity index (χ4n) is 3.36. The maximum absolute atomic E-state index is 14.0. The fraction of sp³-hybridized carbons (Fsp3) is 0.300. The highest BCUT2D eigenvalue weighted by molar-refractivity contribution is 5.91. The topological polar surface area (TPSA) is 59.8 Å². The first-order chi connectivity index (χ1) is 12.5. The number of carbonyl (C=O) groups is 2. The van der Waals surface area contributed by atoms with Crippen LogP contribution in [0.25, 0.3) is 0 Å². The summed E-state index contributed by atoms with van der Waals surface area (Å²) in [5.74, 6) is -1.15. The highest BCUT2D eigenvalue weighted by atomic mass is 19.1. The highest BCUT2D eigenvalue weighted by Crippen LogP contribution is 2.16. The maximum Gasteiger partial charge on any atom is 0.365 e. The minimum absolute atomic E-state index is 0.0570. The largest absolute Gasteiger partial charge is 0.465 e. The van der Waals surface area contributed by atoms with Crippen molar-refractivity contribution in [1.82, 2.24) is 0 Å². The Morgan fingerprint density at radius 2 is 1.96 bits per heavy atom. The maximum atomic E-state index is 14.0. The van der Waals surface area contributed by atoms with E-state index in [1.165, 1.54) is 13.2 Å². The van der Waals surface area contributed by atoms with Crippen molar-refractivity contribution in [3.05, 3.63) is 65.0 Å². The number of hydrogen-bond acceptors (Lipinski definition) is 3. The molecule has 0 spiro atoms. The van der Waals surface area contributed by atoms with E-state index in [0.717, 1.165) is 21.6 Å². The van der Waals surface area contributed by atoms with Crippen LogP contribution < -0.4 is 10.2 Å². The Morgan fingerprint density at radius 3 is 2.65 bits per heavy atom. The lowest BCUT2D eigenvalue weighted by Gasteiger charge is -2.31. The number of quaternary nitrogens is 1. The molecule has 1 aliphatic heterocycles. The Morgan fingerprint density at radius 1 is 1.23 bits per heavy atom. The van der Waals surface area contributed by atoms with E-state index >= 15 is 0 Å². The number of halogens is 1.